The Morgan fingerprint density at radius 3 is 2.47 bits per heavy atom. The Morgan fingerprint density at radius 1 is 1.47 bits per heavy atom. The maximum atomic E-state index is 12.1. The molecule has 0 spiro atoms. The second-order valence-corrected chi connectivity index (χ2v) is 4.96. The Bertz CT molecular complexity index is 215. The molecule has 0 N–H and O–H groups in total. The highest BCUT2D eigenvalue weighted by Crippen LogP contribution is 2.39. The van der Waals surface area contributed by atoms with Crippen LogP contribution in [0, 0.1) is 11.8 Å². The lowest BCUT2D eigenvalue weighted by molar-refractivity contribution is -0.135. The van der Waals surface area contributed by atoms with Crippen molar-refractivity contribution in [1.82, 2.24) is 4.90 Å². The minimum Gasteiger partial charge on any atom is -0.340 e. The quantitative estimate of drug-likeness (QED) is 0.661. The van der Waals surface area contributed by atoms with E-state index in [1.54, 1.807) is 0 Å². The molecule has 1 aliphatic carbocycles. The molecule has 3 unspecified atom stereocenters. The fourth-order valence-electron chi connectivity index (χ4n) is 1.98. The summed E-state index contributed by atoms with van der Waals surface area (Å²) in [6.07, 6.45) is 4.48. The zero-order chi connectivity index (χ0) is 11.4. The average Bonchev–Trinajstić information content (AvgIpc) is 2.95. The standard InChI is InChI=1S/C13H25NO/c1-5-7-8-14(11(4)6-2)13(15)12-9-10(12)3/h10-12H,5-9H2,1-4H3. The zero-order valence-corrected chi connectivity index (χ0v) is 10.6. The predicted molar refractivity (Wildman–Crippen MR) is 63.6 cm³/mol. The monoisotopic (exact) mass is 211 g/mol. The first kappa shape index (κ1) is 12.5. The molecule has 0 heterocycles. The molecule has 0 bridgehead atoms. The molecule has 1 amide bonds. The molecular formula is C13H25NO. The number of unbranched alkanes of at least 4 members (excludes halogenated alkanes) is 1. The topological polar surface area (TPSA) is 20.3 Å². The van der Waals surface area contributed by atoms with Gasteiger partial charge in [-0.1, -0.05) is 27.2 Å². The highest BCUT2D eigenvalue weighted by molar-refractivity contribution is 5.81. The smallest absolute Gasteiger partial charge is 0.226 e. The van der Waals surface area contributed by atoms with Crippen molar-refractivity contribution < 1.29 is 4.79 Å². The highest BCUT2D eigenvalue weighted by atomic mass is 16.2. The Morgan fingerprint density at radius 2 is 2.07 bits per heavy atom. The second-order valence-electron chi connectivity index (χ2n) is 4.96. The van der Waals surface area contributed by atoms with Gasteiger partial charge in [-0.3, -0.25) is 4.79 Å². The molecule has 3 atom stereocenters. The summed E-state index contributed by atoms with van der Waals surface area (Å²) in [5.41, 5.74) is 0. The van der Waals surface area contributed by atoms with Crippen molar-refractivity contribution in [3.8, 4) is 0 Å². The van der Waals surface area contributed by atoms with Crippen molar-refractivity contribution in [2.24, 2.45) is 11.8 Å². The Labute approximate surface area is 94.0 Å². The summed E-state index contributed by atoms with van der Waals surface area (Å²) in [7, 11) is 0. The first-order chi connectivity index (χ1) is 7.11. The number of carbonyl (C=O) groups excluding carboxylic acids is 1. The van der Waals surface area contributed by atoms with Gasteiger partial charge in [0, 0.05) is 18.5 Å². The van der Waals surface area contributed by atoms with Crippen molar-refractivity contribution in [2.45, 2.75) is 59.4 Å². The molecular weight excluding hydrogens is 186 g/mol. The molecule has 0 aromatic heterocycles. The van der Waals surface area contributed by atoms with Gasteiger partial charge < -0.3 is 4.90 Å². The van der Waals surface area contributed by atoms with Gasteiger partial charge >= 0.3 is 0 Å². The van der Waals surface area contributed by atoms with Gasteiger partial charge in [0.25, 0.3) is 0 Å². The van der Waals surface area contributed by atoms with Crippen LogP contribution in [0.1, 0.15) is 53.4 Å². The van der Waals surface area contributed by atoms with E-state index in [2.05, 4.69) is 32.6 Å². The number of nitrogens with zero attached hydrogens (tertiary/aromatic N) is 1. The predicted octanol–water partition coefficient (Wildman–Crippen LogP) is 3.07. The number of carbonyl (C=O) groups is 1. The van der Waals surface area contributed by atoms with Gasteiger partial charge in [0.2, 0.25) is 5.91 Å². The molecule has 0 radical (unpaired) electrons. The molecule has 1 rings (SSSR count). The van der Waals surface area contributed by atoms with Crippen LogP contribution in [0.3, 0.4) is 0 Å². The molecule has 15 heavy (non-hydrogen) atoms. The molecule has 0 aromatic carbocycles. The van der Waals surface area contributed by atoms with E-state index >= 15 is 0 Å². The van der Waals surface area contributed by atoms with Crippen molar-refractivity contribution in [3.05, 3.63) is 0 Å². The summed E-state index contributed by atoms with van der Waals surface area (Å²) in [6.45, 7) is 9.64. The third-order valence-electron chi connectivity index (χ3n) is 3.59. The molecule has 2 heteroatoms. The first-order valence-electron chi connectivity index (χ1n) is 6.42. The van der Waals surface area contributed by atoms with Gasteiger partial charge in [-0.05, 0) is 32.1 Å². The van der Waals surface area contributed by atoms with E-state index in [4.69, 9.17) is 0 Å². The van der Waals surface area contributed by atoms with Gasteiger partial charge in [0.15, 0.2) is 0 Å². The molecule has 2 nitrogen and oxygen atoms in total. The molecule has 0 aromatic rings. The van der Waals surface area contributed by atoms with Crippen LogP contribution in [0.15, 0.2) is 0 Å². The Balaban J connectivity index is 2.50. The lowest BCUT2D eigenvalue weighted by atomic mass is 10.1. The molecule has 1 saturated carbocycles. The van der Waals surface area contributed by atoms with Gasteiger partial charge in [-0.2, -0.15) is 0 Å². The molecule has 0 aliphatic heterocycles. The maximum absolute atomic E-state index is 12.1. The molecule has 88 valence electrons. The maximum Gasteiger partial charge on any atom is 0.226 e. The third kappa shape index (κ3) is 3.22. The summed E-state index contributed by atoms with van der Waals surface area (Å²) in [5, 5.41) is 0. The second kappa shape index (κ2) is 5.53. The van der Waals surface area contributed by atoms with Crippen molar-refractivity contribution >= 4 is 5.91 Å². The summed E-state index contributed by atoms with van der Waals surface area (Å²) in [4.78, 5) is 14.3. The minimum absolute atomic E-state index is 0.343. The van der Waals surface area contributed by atoms with Crippen LogP contribution in [0.2, 0.25) is 0 Å². The Hall–Kier alpha value is -0.530. The van der Waals surface area contributed by atoms with Crippen molar-refractivity contribution in [3.63, 3.8) is 0 Å². The lowest BCUT2D eigenvalue weighted by Gasteiger charge is -2.29. The summed E-state index contributed by atoms with van der Waals surface area (Å²) in [6, 6.07) is 0.414. The minimum atomic E-state index is 0.343. The number of amides is 1. The van der Waals surface area contributed by atoms with E-state index < -0.39 is 0 Å². The van der Waals surface area contributed by atoms with Crippen LogP contribution >= 0.6 is 0 Å². The molecule has 1 aliphatic rings. The largest absolute Gasteiger partial charge is 0.340 e. The number of hydrogen-bond donors (Lipinski definition) is 0. The highest BCUT2D eigenvalue weighted by Gasteiger charge is 2.41. The van der Waals surface area contributed by atoms with Crippen LogP contribution < -0.4 is 0 Å². The van der Waals surface area contributed by atoms with Crippen molar-refractivity contribution in [1.29, 1.82) is 0 Å². The van der Waals surface area contributed by atoms with E-state index in [1.165, 1.54) is 6.42 Å². The first-order valence-corrected chi connectivity index (χ1v) is 6.42. The van der Waals surface area contributed by atoms with E-state index in [0.29, 0.717) is 23.8 Å². The summed E-state index contributed by atoms with van der Waals surface area (Å²) < 4.78 is 0. The van der Waals surface area contributed by atoms with Gasteiger partial charge in [0.05, 0.1) is 0 Å². The SMILES string of the molecule is CCCCN(C(=O)C1CC1C)C(C)CC. The van der Waals surface area contributed by atoms with Crippen molar-refractivity contribution in [2.75, 3.05) is 6.54 Å². The molecule has 1 fully saturated rings. The summed E-state index contributed by atoms with van der Waals surface area (Å²) >= 11 is 0. The summed E-state index contributed by atoms with van der Waals surface area (Å²) in [5.74, 6) is 1.38. The third-order valence-corrected chi connectivity index (χ3v) is 3.59. The average molecular weight is 211 g/mol. The van der Waals surface area contributed by atoms with Crippen LogP contribution in [-0.2, 0) is 4.79 Å². The Kier molecular flexibility index (Phi) is 4.62. The van der Waals surface area contributed by atoms with E-state index in [1.807, 2.05) is 0 Å². The van der Waals surface area contributed by atoms with Crippen LogP contribution in [0.5, 0.6) is 0 Å². The van der Waals surface area contributed by atoms with Crippen LogP contribution in [0.4, 0.5) is 0 Å². The fourth-order valence-corrected chi connectivity index (χ4v) is 1.98. The van der Waals surface area contributed by atoms with E-state index in [-0.39, 0.29) is 0 Å². The zero-order valence-electron chi connectivity index (χ0n) is 10.6. The van der Waals surface area contributed by atoms with Gasteiger partial charge in [-0.15, -0.1) is 0 Å². The van der Waals surface area contributed by atoms with Crippen LogP contribution in [0.25, 0.3) is 0 Å². The number of rotatable bonds is 6. The van der Waals surface area contributed by atoms with E-state index in [0.717, 1.165) is 25.8 Å². The normalized spacial score (nSPS) is 26.1. The van der Waals surface area contributed by atoms with E-state index in [9.17, 15) is 4.79 Å². The fraction of sp³-hybridized carbons (Fsp3) is 0.923. The van der Waals surface area contributed by atoms with Crippen LogP contribution in [-0.4, -0.2) is 23.4 Å². The molecule has 0 saturated heterocycles. The van der Waals surface area contributed by atoms with Gasteiger partial charge in [-0.25, -0.2) is 0 Å². The lowest BCUT2D eigenvalue weighted by Crippen LogP contribution is -2.40. The number of hydrogen-bond acceptors (Lipinski definition) is 1. The van der Waals surface area contributed by atoms with Gasteiger partial charge in [0.1, 0.15) is 0 Å².